The second kappa shape index (κ2) is 9.33. The Hall–Kier alpha value is -0.910. The van der Waals surface area contributed by atoms with Crippen molar-refractivity contribution in [1.29, 1.82) is 0 Å². The Morgan fingerprint density at radius 3 is 2.81 bits per heavy atom. The lowest BCUT2D eigenvalue weighted by atomic mass is 10.2. The van der Waals surface area contributed by atoms with Crippen molar-refractivity contribution in [2.45, 2.75) is 12.5 Å². The summed E-state index contributed by atoms with van der Waals surface area (Å²) in [4.78, 5) is 13.4. The number of hydrogen-bond donors (Lipinski definition) is 2. The van der Waals surface area contributed by atoms with E-state index in [0.29, 0.717) is 26.2 Å². The van der Waals surface area contributed by atoms with E-state index in [9.17, 15) is 4.79 Å². The van der Waals surface area contributed by atoms with Gasteiger partial charge in [-0.05, 0) is 20.5 Å². The molecule has 0 aliphatic heterocycles. The van der Waals surface area contributed by atoms with Crippen LogP contribution in [-0.2, 0) is 9.53 Å². The smallest absolute Gasteiger partial charge is 0.237 e. The van der Waals surface area contributed by atoms with E-state index in [2.05, 4.69) is 11.9 Å². The molecule has 0 saturated carbocycles. The molecule has 5 nitrogen and oxygen atoms in total. The van der Waals surface area contributed by atoms with Crippen LogP contribution in [0.2, 0.25) is 0 Å². The fourth-order valence-electron chi connectivity index (χ4n) is 1.01. The lowest BCUT2D eigenvalue weighted by Gasteiger charge is -2.12. The molecule has 0 aliphatic rings. The largest absolute Gasteiger partial charge is 0.378 e. The Balaban J connectivity index is 3.37. The molecular weight excluding hydrogens is 206 g/mol. The molecular formula is C11H23N3O2. The minimum absolute atomic E-state index is 0.156. The van der Waals surface area contributed by atoms with E-state index >= 15 is 0 Å². The van der Waals surface area contributed by atoms with Crippen molar-refractivity contribution in [2.75, 3.05) is 40.4 Å². The first-order chi connectivity index (χ1) is 7.57. The maximum Gasteiger partial charge on any atom is 0.237 e. The highest BCUT2D eigenvalue weighted by Crippen LogP contribution is 1.88. The topological polar surface area (TPSA) is 67.6 Å². The number of nitrogens with one attached hydrogen (secondary N) is 1. The van der Waals surface area contributed by atoms with Crippen LogP contribution in [0.4, 0.5) is 0 Å². The van der Waals surface area contributed by atoms with Gasteiger partial charge in [-0.1, -0.05) is 6.08 Å². The summed E-state index contributed by atoms with van der Waals surface area (Å²) in [6, 6.07) is -0.501. The van der Waals surface area contributed by atoms with E-state index < -0.39 is 6.04 Å². The summed E-state index contributed by atoms with van der Waals surface area (Å²) in [5.41, 5.74) is 5.58. The molecule has 0 spiro atoms. The van der Waals surface area contributed by atoms with Crippen molar-refractivity contribution < 1.29 is 9.53 Å². The summed E-state index contributed by atoms with van der Waals surface area (Å²) in [7, 11) is 3.97. The van der Waals surface area contributed by atoms with Gasteiger partial charge in [0.05, 0.1) is 19.3 Å². The first kappa shape index (κ1) is 15.1. The molecule has 1 unspecified atom stereocenters. The lowest BCUT2D eigenvalue weighted by Crippen LogP contribution is -2.41. The number of nitrogens with two attached hydrogens (primary N) is 1. The number of rotatable bonds is 9. The van der Waals surface area contributed by atoms with Gasteiger partial charge in [-0.15, -0.1) is 6.58 Å². The SMILES string of the molecule is C=CCC(N)C(=O)NCCOCCN(C)C. The van der Waals surface area contributed by atoms with Crippen molar-refractivity contribution in [3.63, 3.8) is 0 Å². The summed E-state index contributed by atoms with van der Waals surface area (Å²) in [5.74, 6) is -0.156. The maximum absolute atomic E-state index is 11.3. The molecule has 5 heteroatoms. The maximum atomic E-state index is 11.3. The molecule has 0 radical (unpaired) electrons. The zero-order valence-corrected chi connectivity index (χ0v) is 10.2. The Morgan fingerprint density at radius 2 is 2.25 bits per heavy atom. The Bertz CT molecular complexity index is 207. The van der Waals surface area contributed by atoms with Crippen LogP contribution in [0, 0.1) is 0 Å². The van der Waals surface area contributed by atoms with Crippen LogP contribution < -0.4 is 11.1 Å². The molecule has 0 bridgehead atoms. The van der Waals surface area contributed by atoms with E-state index in [4.69, 9.17) is 10.5 Å². The van der Waals surface area contributed by atoms with Gasteiger partial charge in [0.15, 0.2) is 0 Å². The number of nitrogens with zero attached hydrogens (tertiary/aromatic N) is 1. The summed E-state index contributed by atoms with van der Waals surface area (Å²) < 4.78 is 5.32. The molecule has 0 heterocycles. The highest BCUT2D eigenvalue weighted by Gasteiger charge is 2.09. The van der Waals surface area contributed by atoms with E-state index in [1.807, 2.05) is 19.0 Å². The van der Waals surface area contributed by atoms with Gasteiger partial charge in [0.2, 0.25) is 5.91 Å². The second-order valence-corrected chi connectivity index (χ2v) is 3.84. The molecule has 0 saturated heterocycles. The predicted molar refractivity (Wildman–Crippen MR) is 65.2 cm³/mol. The number of hydrogen-bond acceptors (Lipinski definition) is 4. The molecule has 94 valence electrons. The molecule has 0 rings (SSSR count). The van der Waals surface area contributed by atoms with Gasteiger partial charge in [0, 0.05) is 13.1 Å². The summed E-state index contributed by atoms with van der Waals surface area (Å²) in [6.45, 7) is 6.09. The normalized spacial score (nSPS) is 12.5. The third-order valence-corrected chi connectivity index (χ3v) is 1.99. The van der Waals surface area contributed by atoms with Crippen LogP contribution >= 0.6 is 0 Å². The summed E-state index contributed by atoms with van der Waals surface area (Å²) in [6.07, 6.45) is 2.13. The molecule has 1 amide bonds. The van der Waals surface area contributed by atoms with E-state index in [-0.39, 0.29) is 5.91 Å². The fourth-order valence-corrected chi connectivity index (χ4v) is 1.01. The van der Waals surface area contributed by atoms with Gasteiger partial charge in [-0.3, -0.25) is 4.79 Å². The monoisotopic (exact) mass is 229 g/mol. The third kappa shape index (κ3) is 8.40. The van der Waals surface area contributed by atoms with Gasteiger partial charge >= 0.3 is 0 Å². The molecule has 1 atom stereocenters. The van der Waals surface area contributed by atoms with Crippen LogP contribution in [-0.4, -0.2) is 57.2 Å². The number of likely N-dealkylation sites (N-methyl/N-ethyl adjacent to an activating group) is 1. The predicted octanol–water partition coefficient (Wildman–Crippen LogP) is -0.416. The molecule has 3 N–H and O–H groups in total. The number of carbonyl (C=O) groups is 1. The summed E-state index contributed by atoms with van der Waals surface area (Å²) in [5, 5.41) is 2.71. The van der Waals surface area contributed by atoms with Crippen molar-refractivity contribution in [3.05, 3.63) is 12.7 Å². The third-order valence-electron chi connectivity index (χ3n) is 1.99. The molecule has 0 aliphatic carbocycles. The highest BCUT2D eigenvalue weighted by atomic mass is 16.5. The van der Waals surface area contributed by atoms with E-state index in [1.54, 1.807) is 6.08 Å². The molecule has 0 aromatic carbocycles. The van der Waals surface area contributed by atoms with Crippen LogP contribution in [0.15, 0.2) is 12.7 Å². The molecule has 0 aromatic rings. The Morgan fingerprint density at radius 1 is 1.56 bits per heavy atom. The van der Waals surface area contributed by atoms with Gasteiger partial charge in [-0.25, -0.2) is 0 Å². The Kier molecular flexibility index (Phi) is 8.80. The first-order valence-corrected chi connectivity index (χ1v) is 5.44. The fraction of sp³-hybridized carbons (Fsp3) is 0.727. The van der Waals surface area contributed by atoms with Crippen molar-refractivity contribution >= 4 is 5.91 Å². The van der Waals surface area contributed by atoms with Crippen molar-refractivity contribution in [2.24, 2.45) is 5.73 Å². The number of carbonyl (C=O) groups excluding carboxylic acids is 1. The van der Waals surface area contributed by atoms with Crippen LogP contribution in [0.25, 0.3) is 0 Å². The zero-order chi connectivity index (χ0) is 12.4. The van der Waals surface area contributed by atoms with Gasteiger partial charge in [0.25, 0.3) is 0 Å². The van der Waals surface area contributed by atoms with Crippen molar-refractivity contribution in [3.8, 4) is 0 Å². The lowest BCUT2D eigenvalue weighted by molar-refractivity contribution is -0.122. The zero-order valence-electron chi connectivity index (χ0n) is 10.2. The second-order valence-electron chi connectivity index (χ2n) is 3.84. The van der Waals surface area contributed by atoms with E-state index in [0.717, 1.165) is 6.54 Å². The molecule has 0 aromatic heterocycles. The van der Waals surface area contributed by atoms with Crippen LogP contribution in [0.1, 0.15) is 6.42 Å². The standard InChI is InChI=1S/C11H23N3O2/c1-4-5-10(12)11(15)13-6-8-16-9-7-14(2)3/h4,10H,1,5-9,12H2,2-3H3,(H,13,15). The van der Waals surface area contributed by atoms with Gasteiger partial charge in [0.1, 0.15) is 0 Å². The Labute approximate surface area is 97.6 Å². The van der Waals surface area contributed by atoms with Gasteiger partial charge < -0.3 is 20.7 Å². The minimum atomic E-state index is -0.501. The number of ether oxygens (including phenoxy) is 1. The summed E-state index contributed by atoms with van der Waals surface area (Å²) >= 11 is 0. The van der Waals surface area contributed by atoms with Crippen molar-refractivity contribution in [1.82, 2.24) is 10.2 Å². The molecule has 16 heavy (non-hydrogen) atoms. The van der Waals surface area contributed by atoms with E-state index in [1.165, 1.54) is 0 Å². The quantitative estimate of drug-likeness (QED) is 0.416. The molecule has 0 fully saturated rings. The van der Waals surface area contributed by atoms with Crippen LogP contribution in [0.3, 0.4) is 0 Å². The minimum Gasteiger partial charge on any atom is -0.378 e. The van der Waals surface area contributed by atoms with Gasteiger partial charge in [-0.2, -0.15) is 0 Å². The van der Waals surface area contributed by atoms with Crippen LogP contribution in [0.5, 0.6) is 0 Å². The highest BCUT2D eigenvalue weighted by molar-refractivity contribution is 5.81. The average molecular weight is 229 g/mol. The first-order valence-electron chi connectivity index (χ1n) is 5.44. The number of amides is 1. The average Bonchev–Trinajstić information content (AvgIpc) is 2.22.